The van der Waals surface area contributed by atoms with Crippen LogP contribution in [0.25, 0.3) is 5.65 Å². The van der Waals surface area contributed by atoms with E-state index in [1.54, 1.807) is 21.7 Å². The minimum atomic E-state index is -5.08. The Labute approximate surface area is 230 Å². The average Bonchev–Trinajstić information content (AvgIpc) is 3.32. The number of halogens is 4. The first kappa shape index (κ1) is 28.8. The normalized spacial score (nSPS) is 19.7. The van der Waals surface area contributed by atoms with Gasteiger partial charge in [-0.05, 0) is 46.8 Å². The molecule has 1 amide bonds. The number of rotatable bonds is 4. The van der Waals surface area contributed by atoms with Gasteiger partial charge in [-0.1, -0.05) is 24.3 Å². The number of aromatic nitrogens is 3. The Morgan fingerprint density at radius 1 is 1.15 bits per heavy atom. The van der Waals surface area contributed by atoms with Crippen LogP contribution >= 0.6 is 15.9 Å². The molecule has 1 fully saturated rings. The molecule has 210 valence electrons. The van der Waals surface area contributed by atoms with Crippen molar-refractivity contribution < 1.29 is 37.7 Å². The molecule has 0 saturated carbocycles. The zero-order valence-corrected chi connectivity index (χ0v) is 22.5. The number of carbonyl (C=O) groups excluding carboxylic acids is 1. The topological polar surface area (TPSA) is 121 Å². The third-order valence-electron chi connectivity index (χ3n) is 6.58. The first-order chi connectivity index (χ1) is 18.5. The second kappa shape index (κ2) is 11.9. The highest BCUT2D eigenvalue weighted by Crippen LogP contribution is 2.26. The Kier molecular flexibility index (Phi) is 8.76. The van der Waals surface area contributed by atoms with Gasteiger partial charge in [0.1, 0.15) is 10.3 Å². The van der Waals surface area contributed by atoms with E-state index >= 15 is 0 Å². The number of hydrogen-bond acceptors (Lipinski definition) is 7. The van der Waals surface area contributed by atoms with Gasteiger partial charge in [-0.25, -0.2) is 14.8 Å². The van der Waals surface area contributed by atoms with Gasteiger partial charge in [-0.3, -0.25) is 14.1 Å². The number of piperidine rings is 1. The fourth-order valence-electron chi connectivity index (χ4n) is 4.77. The second-order valence-corrected chi connectivity index (χ2v) is 9.94. The van der Waals surface area contributed by atoms with Crippen LogP contribution in [0.1, 0.15) is 35.0 Å². The SMILES string of the molecule is CCOc1nc(Br)cn2cc(C(=O)N3CC[C@H](N4CCc5ccccc5C4)[C@@H](O)C3)nc12.O=C(O)C(F)(F)F. The van der Waals surface area contributed by atoms with Crippen molar-refractivity contribution in [2.45, 2.75) is 44.6 Å². The van der Waals surface area contributed by atoms with Crippen molar-refractivity contribution >= 4 is 33.5 Å². The third kappa shape index (κ3) is 6.68. The average molecular weight is 614 g/mol. The van der Waals surface area contributed by atoms with Crippen LogP contribution in [0, 0.1) is 0 Å². The summed E-state index contributed by atoms with van der Waals surface area (Å²) in [4.78, 5) is 34.9. The number of carboxylic acids is 1. The van der Waals surface area contributed by atoms with E-state index in [4.69, 9.17) is 14.6 Å². The summed E-state index contributed by atoms with van der Waals surface area (Å²) >= 11 is 3.37. The van der Waals surface area contributed by atoms with E-state index in [-0.39, 0.29) is 11.9 Å². The number of carbonyl (C=O) groups is 2. The van der Waals surface area contributed by atoms with Crippen LogP contribution in [-0.2, 0) is 17.8 Å². The molecule has 0 unspecified atom stereocenters. The predicted octanol–water partition coefficient (Wildman–Crippen LogP) is 3.16. The highest BCUT2D eigenvalue weighted by molar-refractivity contribution is 9.10. The van der Waals surface area contributed by atoms with Crippen molar-refractivity contribution in [2.75, 3.05) is 26.2 Å². The van der Waals surface area contributed by atoms with E-state index in [0.29, 0.717) is 41.5 Å². The lowest BCUT2D eigenvalue weighted by Crippen LogP contribution is -2.56. The van der Waals surface area contributed by atoms with Gasteiger partial charge in [0.05, 0.1) is 12.7 Å². The van der Waals surface area contributed by atoms with Gasteiger partial charge < -0.3 is 19.8 Å². The molecule has 1 aromatic carbocycles. The Hall–Kier alpha value is -3.23. The van der Waals surface area contributed by atoms with Crippen molar-refractivity contribution in [3.05, 3.63) is 58.1 Å². The molecule has 2 aliphatic heterocycles. The predicted molar refractivity (Wildman–Crippen MR) is 136 cm³/mol. The lowest BCUT2D eigenvalue weighted by Gasteiger charge is -2.43. The van der Waals surface area contributed by atoms with Gasteiger partial charge in [-0.2, -0.15) is 13.2 Å². The molecule has 2 atom stereocenters. The summed E-state index contributed by atoms with van der Waals surface area (Å²) in [7, 11) is 0. The van der Waals surface area contributed by atoms with Crippen LogP contribution in [0.2, 0.25) is 0 Å². The molecule has 14 heteroatoms. The van der Waals surface area contributed by atoms with Crippen LogP contribution in [0.5, 0.6) is 5.88 Å². The molecule has 1 saturated heterocycles. The largest absolute Gasteiger partial charge is 0.490 e. The van der Waals surface area contributed by atoms with Gasteiger partial charge in [0.15, 0.2) is 0 Å². The number of β-amino-alcohol motifs (C(OH)–C–C–N with tert-alkyl or cyclic N) is 1. The highest BCUT2D eigenvalue weighted by Gasteiger charge is 2.38. The Morgan fingerprint density at radius 2 is 1.85 bits per heavy atom. The minimum absolute atomic E-state index is 0.0539. The summed E-state index contributed by atoms with van der Waals surface area (Å²) in [6.45, 7) is 5.00. The third-order valence-corrected chi connectivity index (χ3v) is 6.97. The molecule has 0 spiro atoms. The Balaban J connectivity index is 0.000000448. The first-order valence-electron chi connectivity index (χ1n) is 12.2. The van der Waals surface area contributed by atoms with Crippen LogP contribution in [0.15, 0.2) is 41.3 Å². The number of carboxylic acid groups (broad SMARTS) is 1. The van der Waals surface area contributed by atoms with Crippen LogP contribution < -0.4 is 4.74 Å². The molecule has 3 aromatic rings. The molecule has 0 bridgehead atoms. The maximum absolute atomic E-state index is 13.2. The van der Waals surface area contributed by atoms with E-state index in [2.05, 4.69) is 55.1 Å². The van der Waals surface area contributed by atoms with Crippen LogP contribution in [-0.4, -0.2) is 90.8 Å². The van der Waals surface area contributed by atoms with E-state index in [0.717, 1.165) is 25.9 Å². The number of hydrogen-bond donors (Lipinski definition) is 2. The Bertz CT molecular complexity index is 1350. The van der Waals surface area contributed by atoms with Gasteiger partial charge in [0, 0.05) is 44.6 Å². The highest BCUT2D eigenvalue weighted by atomic mass is 79.9. The van der Waals surface area contributed by atoms with Gasteiger partial charge in [-0.15, -0.1) is 0 Å². The molecule has 39 heavy (non-hydrogen) atoms. The lowest BCUT2D eigenvalue weighted by molar-refractivity contribution is -0.192. The van der Waals surface area contributed by atoms with Crippen molar-refractivity contribution in [2.24, 2.45) is 0 Å². The number of fused-ring (bicyclic) bond motifs is 2. The number of nitrogens with zero attached hydrogens (tertiary/aromatic N) is 5. The second-order valence-electron chi connectivity index (χ2n) is 9.13. The van der Waals surface area contributed by atoms with Gasteiger partial charge in [0.2, 0.25) is 5.65 Å². The van der Waals surface area contributed by atoms with Crippen molar-refractivity contribution in [1.82, 2.24) is 24.2 Å². The number of ether oxygens (including phenoxy) is 1. The van der Waals surface area contributed by atoms with Gasteiger partial charge in [0.25, 0.3) is 11.8 Å². The van der Waals surface area contributed by atoms with Crippen molar-refractivity contribution in [3.63, 3.8) is 0 Å². The number of amides is 1. The number of benzene rings is 1. The molecule has 0 aliphatic carbocycles. The number of aliphatic hydroxyl groups is 1. The molecule has 5 rings (SSSR count). The summed E-state index contributed by atoms with van der Waals surface area (Å²) < 4.78 is 39.6. The number of likely N-dealkylation sites (tertiary alicyclic amines) is 1. The van der Waals surface area contributed by atoms with Gasteiger partial charge >= 0.3 is 12.1 Å². The minimum Gasteiger partial charge on any atom is -0.475 e. The molecule has 4 heterocycles. The molecule has 0 radical (unpaired) electrons. The van der Waals surface area contributed by atoms with E-state index in [9.17, 15) is 23.1 Å². The molecule has 10 nitrogen and oxygen atoms in total. The fourth-order valence-corrected chi connectivity index (χ4v) is 5.15. The summed E-state index contributed by atoms with van der Waals surface area (Å²) in [6.07, 6.45) is -0.511. The standard InChI is InChI=1S/C23H26BrN5O3.C2HF3O2/c1-2-32-22-21-25-17(12-29(21)14-20(24)26-22)23(31)28-10-8-18(19(30)13-28)27-9-7-15-5-3-4-6-16(15)11-27;3-2(4,5)1(6)7/h3-6,12,14,18-19,30H,2,7-11,13H2,1H3;(H,6,7)/t18-,19-;/m0./s1. The first-order valence-corrected chi connectivity index (χ1v) is 13.0. The smallest absolute Gasteiger partial charge is 0.475 e. The number of imidazole rings is 1. The summed E-state index contributed by atoms with van der Waals surface area (Å²) in [5, 5.41) is 18.1. The lowest BCUT2D eigenvalue weighted by atomic mass is 9.94. The number of aliphatic carboxylic acids is 1. The zero-order chi connectivity index (χ0) is 28.3. The van der Waals surface area contributed by atoms with Crippen molar-refractivity contribution in [3.8, 4) is 5.88 Å². The quantitative estimate of drug-likeness (QED) is 0.460. The van der Waals surface area contributed by atoms with Crippen LogP contribution in [0.3, 0.4) is 0 Å². The fraction of sp³-hybridized carbons (Fsp3) is 0.440. The molecular weight excluding hydrogens is 587 g/mol. The number of alkyl halides is 3. The summed E-state index contributed by atoms with van der Waals surface area (Å²) in [5.74, 6) is -2.56. The maximum Gasteiger partial charge on any atom is 0.490 e. The van der Waals surface area contributed by atoms with E-state index in [1.807, 2.05) is 6.92 Å². The van der Waals surface area contributed by atoms with E-state index < -0.39 is 18.2 Å². The number of aliphatic hydroxyl groups excluding tert-OH is 1. The maximum atomic E-state index is 13.2. The summed E-state index contributed by atoms with van der Waals surface area (Å²) in [6, 6.07) is 8.56. The summed E-state index contributed by atoms with van der Waals surface area (Å²) in [5.41, 5.74) is 3.55. The molecule has 2 aromatic heterocycles. The monoisotopic (exact) mass is 613 g/mol. The molecule has 2 N–H and O–H groups in total. The Morgan fingerprint density at radius 3 is 2.49 bits per heavy atom. The van der Waals surface area contributed by atoms with Crippen molar-refractivity contribution in [1.29, 1.82) is 0 Å². The molecule has 2 aliphatic rings. The molecular formula is C25H27BrF3N5O5. The van der Waals surface area contributed by atoms with E-state index in [1.165, 1.54) is 11.1 Å². The van der Waals surface area contributed by atoms with Crippen LogP contribution in [0.4, 0.5) is 13.2 Å². The zero-order valence-electron chi connectivity index (χ0n) is 20.9.